The maximum Gasteiger partial charge on any atom is 0.0502 e. The molecule has 1 aromatic carbocycles. The van der Waals surface area contributed by atoms with Crippen molar-refractivity contribution >= 4 is 28.3 Å². The van der Waals surface area contributed by atoms with Crippen molar-refractivity contribution in [3.8, 4) is 0 Å². The van der Waals surface area contributed by atoms with Gasteiger partial charge in [-0.05, 0) is 47.6 Å². The molecule has 0 unspecified atom stereocenters. The summed E-state index contributed by atoms with van der Waals surface area (Å²) in [5.41, 5.74) is 2.12. The first-order valence-corrected chi connectivity index (χ1v) is 7.87. The van der Waals surface area contributed by atoms with Gasteiger partial charge in [-0.25, -0.2) is 0 Å². The van der Waals surface area contributed by atoms with Crippen molar-refractivity contribution in [1.29, 1.82) is 0 Å². The molecule has 1 aliphatic heterocycles. The Bertz CT molecular complexity index is 386. The average Bonchev–Trinajstić information content (AvgIpc) is 2.53. The largest absolute Gasteiger partial charge is 0.369 e. The lowest BCUT2D eigenvalue weighted by Gasteiger charge is -2.52. The third-order valence-electron chi connectivity index (χ3n) is 4.41. The number of hydrogen-bond acceptors (Lipinski definition) is 1. The van der Waals surface area contributed by atoms with Crippen LogP contribution in [0.5, 0.6) is 0 Å². The summed E-state index contributed by atoms with van der Waals surface area (Å²) in [6.45, 7) is 2.60. The van der Waals surface area contributed by atoms with Gasteiger partial charge in [0.2, 0.25) is 0 Å². The highest BCUT2D eigenvalue weighted by Crippen LogP contribution is 2.45. The van der Waals surface area contributed by atoms with Gasteiger partial charge in [-0.1, -0.05) is 37.8 Å². The SMILES string of the molecule is Ic1ccccc1N1CC2(CCCCCC2)C1. The molecule has 0 N–H and O–H groups in total. The van der Waals surface area contributed by atoms with Crippen LogP contribution in [-0.2, 0) is 0 Å². The van der Waals surface area contributed by atoms with Gasteiger partial charge in [-0.3, -0.25) is 0 Å². The zero-order valence-electron chi connectivity index (χ0n) is 10.3. The Morgan fingerprint density at radius 3 is 2.24 bits per heavy atom. The Labute approximate surface area is 118 Å². The van der Waals surface area contributed by atoms with Gasteiger partial charge in [0.15, 0.2) is 0 Å². The summed E-state index contributed by atoms with van der Waals surface area (Å²) < 4.78 is 1.40. The van der Waals surface area contributed by atoms with Crippen LogP contribution >= 0.6 is 22.6 Å². The number of anilines is 1. The Kier molecular flexibility index (Phi) is 3.33. The molecule has 2 fully saturated rings. The van der Waals surface area contributed by atoms with E-state index in [1.807, 2.05) is 0 Å². The van der Waals surface area contributed by atoms with E-state index in [0.29, 0.717) is 5.41 Å². The highest BCUT2D eigenvalue weighted by molar-refractivity contribution is 14.1. The molecule has 0 bridgehead atoms. The minimum Gasteiger partial charge on any atom is -0.369 e. The fraction of sp³-hybridized carbons (Fsp3) is 0.600. The van der Waals surface area contributed by atoms with Crippen LogP contribution in [0.15, 0.2) is 24.3 Å². The molecular weight excluding hydrogens is 321 g/mol. The molecule has 0 aromatic heterocycles. The van der Waals surface area contributed by atoms with Crippen molar-refractivity contribution in [3.63, 3.8) is 0 Å². The van der Waals surface area contributed by atoms with Gasteiger partial charge in [-0.15, -0.1) is 0 Å². The summed E-state index contributed by atoms with van der Waals surface area (Å²) in [4.78, 5) is 2.58. The fourth-order valence-corrected chi connectivity index (χ4v) is 4.17. The Morgan fingerprint density at radius 1 is 0.941 bits per heavy atom. The number of rotatable bonds is 1. The number of nitrogens with zero attached hydrogens (tertiary/aromatic N) is 1. The van der Waals surface area contributed by atoms with Crippen LogP contribution in [0.25, 0.3) is 0 Å². The molecule has 0 atom stereocenters. The van der Waals surface area contributed by atoms with Crippen LogP contribution < -0.4 is 4.90 Å². The van der Waals surface area contributed by atoms with E-state index in [-0.39, 0.29) is 0 Å². The minimum atomic E-state index is 0.676. The topological polar surface area (TPSA) is 3.24 Å². The van der Waals surface area contributed by atoms with E-state index in [1.165, 1.54) is 60.9 Å². The van der Waals surface area contributed by atoms with E-state index in [1.54, 1.807) is 0 Å². The van der Waals surface area contributed by atoms with Crippen LogP contribution in [0, 0.1) is 8.99 Å². The normalized spacial score (nSPS) is 23.2. The molecule has 1 heterocycles. The number of hydrogen-bond donors (Lipinski definition) is 0. The smallest absolute Gasteiger partial charge is 0.0502 e. The number of benzene rings is 1. The van der Waals surface area contributed by atoms with Gasteiger partial charge in [0.25, 0.3) is 0 Å². The van der Waals surface area contributed by atoms with Crippen LogP contribution in [0.2, 0.25) is 0 Å². The lowest BCUT2D eigenvalue weighted by atomic mass is 9.73. The minimum absolute atomic E-state index is 0.676. The first-order chi connectivity index (χ1) is 8.29. The molecular formula is C15H20IN. The van der Waals surface area contributed by atoms with Crippen molar-refractivity contribution < 1.29 is 0 Å². The van der Waals surface area contributed by atoms with Gasteiger partial charge in [0.1, 0.15) is 0 Å². The van der Waals surface area contributed by atoms with E-state index in [4.69, 9.17) is 0 Å². The summed E-state index contributed by atoms with van der Waals surface area (Å²) in [7, 11) is 0. The molecule has 1 aromatic rings. The third kappa shape index (κ3) is 2.33. The second-order valence-electron chi connectivity index (χ2n) is 5.72. The third-order valence-corrected chi connectivity index (χ3v) is 5.32. The Morgan fingerprint density at radius 2 is 1.59 bits per heavy atom. The van der Waals surface area contributed by atoms with Gasteiger partial charge in [-0.2, -0.15) is 0 Å². The molecule has 1 spiro atoms. The number of para-hydroxylation sites is 1. The van der Waals surface area contributed by atoms with Crippen molar-refractivity contribution in [2.75, 3.05) is 18.0 Å². The molecule has 0 radical (unpaired) electrons. The second-order valence-corrected chi connectivity index (χ2v) is 6.88. The molecule has 2 heteroatoms. The van der Waals surface area contributed by atoms with E-state index >= 15 is 0 Å². The summed E-state index contributed by atoms with van der Waals surface area (Å²) >= 11 is 2.46. The van der Waals surface area contributed by atoms with E-state index in [9.17, 15) is 0 Å². The standard InChI is InChI=1S/C15H20IN/c16-13-7-3-4-8-14(13)17-11-15(12-17)9-5-1-2-6-10-15/h3-4,7-8H,1-2,5-6,9-12H2. The molecule has 0 amide bonds. The lowest BCUT2D eigenvalue weighted by Crippen LogP contribution is -2.56. The highest BCUT2D eigenvalue weighted by atomic mass is 127. The van der Waals surface area contributed by atoms with Gasteiger partial charge in [0, 0.05) is 22.1 Å². The maximum absolute atomic E-state index is 2.58. The van der Waals surface area contributed by atoms with Gasteiger partial charge in [0.05, 0.1) is 5.69 Å². The predicted octanol–water partition coefficient (Wildman–Crippen LogP) is 4.45. The first-order valence-electron chi connectivity index (χ1n) is 6.79. The van der Waals surface area contributed by atoms with Gasteiger partial charge < -0.3 is 4.90 Å². The second kappa shape index (κ2) is 4.79. The predicted molar refractivity (Wildman–Crippen MR) is 81.5 cm³/mol. The molecule has 17 heavy (non-hydrogen) atoms. The Hall–Kier alpha value is -0.250. The molecule has 1 saturated heterocycles. The molecule has 3 rings (SSSR count). The number of halogens is 1. The zero-order valence-corrected chi connectivity index (χ0v) is 12.4. The monoisotopic (exact) mass is 341 g/mol. The quantitative estimate of drug-likeness (QED) is 0.682. The van der Waals surface area contributed by atoms with E-state index in [2.05, 4.69) is 51.8 Å². The van der Waals surface area contributed by atoms with E-state index in [0.717, 1.165) is 0 Å². The highest BCUT2D eigenvalue weighted by Gasteiger charge is 2.42. The molecule has 1 aliphatic carbocycles. The average molecular weight is 341 g/mol. The van der Waals surface area contributed by atoms with E-state index < -0.39 is 0 Å². The van der Waals surface area contributed by atoms with Crippen molar-refractivity contribution in [3.05, 3.63) is 27.8 Å². The molecule has 1 saturated carbocycles. The fourth-order valence-electron chi connectivity index (χ4n) is 3.44. The van der Waals surface area contributed by atoms with Crippen LogP contribution in [-0.4, -0.2) is 13.1 Å². The summed E-state index contributed by atoms with van der Waals surface area (Å²) in [6, 6.07) is 8.78. The first kappa shape index (κ1) is 11.8. The summed E-state index contributed by atoms with van der Waals surface area (Å²) in [5, 5.41) is 0. The summed E-state index contributed by atoms with van der Waals surface area (Å²) in [5.74, 6) is 0. The zero-order chi connectivity index (χ0) is 11.7. The van der Waals surface area contributed by atoms with Crippen LogP contribution in [0.1, 0.15) is 38.5 Å². The summed E-state index contributed by atoms with van der Waals surface area (Å²) in [6.07, 6.45) is 8.77. The van der Waals surface area contributed by atoms with Crippen LogP contribution in [0.3, 0.4) is 0 Å². The molecule has 92 valence electrons. The van der Waals surface area contributed by atoms with Crippen molar-refractivity contribution in [2.45, 2.75) is 38.5 Å². The Balaban J connectivity index is 1.69. The van der Waals surface area contributed by atoms with Gasteiger partial charge >= 0.3 is 0 Å². The maximum atomic E-state index is 2.58. The van der Waals surface area contributed by atoms with Crippen molar-refractivity contribution in [2.24, 2.45) is 5.41 Å². The van der Waals surface area contributed by atoms with Crippen molar-refractivity contribution in [1.82, 2.24) is 0 Å². The molecule has 1 nitrogen and oxygen atoms in total. The lowest BCUT2D eigenvalue weighted by molar-refractivity contribution is 0.180. The van der Waals surface area contributed by atoms with Crippen LogP contribution in [0.4, 0.5) is 5.69 Å². The molecule has 2 aliphatic rings.